The Balaban J connectivity index is 1.40. The van der Waals surface area contributed by atoms with E-state index in [9.17, 15) is 21.6 Å². The minimum Gasteiger partial charge on any atom is -0.404 e. The number of imidazole rings is 1. The van der Waals surface area contributed by atoms with Gasteiger partial charge in [0.25, 0.3) is 0 Å². The van der Waals surface area contributed by atoms with Gasteiger partial charge in [-0.05, 0) is 31.0 Å². The average molecular weight is 542 g/mol. The maximum absolute atomic E-state index is 12.6. The first-order valence-corrected chi connectivity index (χ1v) is 12.3. The maximum atomic E-state index is 12.6. The normalized spacial score (nSPS) is 12.4. The summed E-state index contributed by atoms with van der Waals surface area (Å²) in [6, 6.07) is 3.37. The summed E-state index contributed by atoms with van der Waals surface area (Å²) in [5.41, 5.74) is 0. The zero-order valence-electron chi connectivity index (χ0n) is 16.0. The van der Waals surface area contributed by atoms with Crippen molar-refractivity contribution in [1.82, 2.24) is 18.5 Å². The number of benzene rings is 1. The number of nitrogens with zero attached hydrogens (tertiary/aromatic N) is 3. The molecule has 3 aromatic rings. The van der Waals surface area contributed by atoms with Gasteiger partial charge in [0.05, 0.1) is 0 Å². The van der Waals surface area contributed by atoms with E-state index < -0.39 is 27.0 Å². The third-order valence-corrected chi connectivity index (χ3v) is 6.87. The van der Waals surface area contributed by atoms with Crippen molar-refractivity contribution in [2.45, 2.75) is 36.9 Å². The van der Waals surface area contributed by atoms with Gasteiger partial charge in [-0.3, -0.25) is 4.40 Å². The number of sulfonamides is 1. The molecule has 0 aliphatic rings. The Morgan fingerprint density at radius 2 is 1.90 bits per heavy atom. The number of rotatable bonds is 11. The number of alkyl halides is 3. The lowest BCUT2D eigenvalue weighted by Gasteiger charge is -2.14. The summed E-state index contributed by atoms with van der Waals surface area (Å²) in [6.07, 6.45) is 1.54. The van der Waals surface area contributed by atoms with Gasteiger partial charge in [0.2, 0.25) is 20.9 Å². The Morgan fingerprint density at radius 1 is 1.16 bits per heavy atom. The van der Waals surface area contributed by atoms with Gasteiger partial charge in [-0.1, -0.05) is 28.8 Å². The smallest absolute Gasteiger partial charge is 0.404 e. The molecule has 0 saturated carbocycles. The van der Waals surface area contributed by atoms with Crippen LogP contribution < -0.4 is 14.8 Å². The molecule has 0 atom stereocenters. The van der Waals surface area contributed by atoms with Gasteiger partial charge in [0.1, 0.15) is 4.90 Å². The molecule has 2 N–H and O–H groups in total. The highest BCUT2D eigenvalue weighted by atomic mass is 79.9. The van der Waals surface area contributed by atoms with Crippen LogP contribution in [0.5, 0.6) is 5.75 Å². The first kappa shape index (κ1) is 23.8. The number of hydrogen-bond donors (Lipinski definition) is 2. The predicted molar refractivity (Wildman–Crippen MR) is 114 cm³/mol. The van der Waals surface area contributed by atoms with Crippen LogP contribution in [-0.2, 0) is 10.0 Å². The number of fused-ring (bicyclic) bond motifs is 1. The lowest BCUT2D eigenvalue weighted by molar-refractivity contribution is -0.275. The summed E-state index contributed by atoms with van der Waals surface area (Å²) >= 11 is 4.31. The first-order chi connectivity index (χ1) is 14.7. The molecule has 170 valence electrons. The molecule has 0 bridgehead atoms. The van der Waals surface area contributed by atoms with E-state index in [2.05, 4.69) is 40.1 Å². The number of unbranched alkanes of at least 4 members (excludes halogenated alkanes) is 3. The number of halogens is 4. The molecule has 31 heavy (non-hydrogen) atoms. The highest BCUT2D eigenvalue weighted by Crippen LogP contribution is 2.32. The van der Waals surface area contributed by atoms with Crippen LogP contribution in [0.4, 0.5) is 19.1 Å². The van der Waals surface area contributed by atoms with Gasteiger partial charge < -0.3 is 10.1 Å². The van der Waals surface area contributed by atoms with E-state index in [4.69, 9.17) is 0 Å². The van der Waals surface area contributed by atoms with Crippen molar-refractivity contribution < 1.29 is 26.3 Å². The second-order valence-electron chi connectivity index (χ2n) is 6.46. The topological polar surface area (TPSA) is 97.6 Å². The van der Waals surface area contributed by atoms with Crippen molar-refractivity contribution >= 4 is 48.4 Å². The van der Waals surface area contributed by atoms with Crippen LogP contribution in [0.3, 0.4) is 0 Å². The molecule has 0 aliphatic carbocycles. The van der Waals surface area contributed by atoms with Crippen LogP contribution in [0.15, 0.2) is 40.0 Å². The molecular weight excluding hydrogens is 523 g/mol. The third-order valence-electron chi connectivity index (χ3n) is 4.15. The van der Waals surface area contributed by atoms with Crippen molar-refractivity contribution in [2.24, 2.45) is 0 Å². The average Bonchev–Trinajstić information content (AvgIpc) is 3.27. The predicted octanol–water partition coefficient (Wildman–Crippen LogP) is 4.40. The number of aromatic nitrogens is 3. The van der Waals surface area contributed by atoms with Gasteiger partial charge in [-0.15, -0.1) is 13.2 Å². The highest BCUT2D eigenvalue weighted by molar-refractivity contribution is 9.10. The molecule has 0 spiro atoms. The monoisotopic (exact) mass is 541 g/mol. The fourth-order valence-electron chi connectivity index (χ4n) is 2.76. The fraction of sp³-hybridized carbons (Fsp3) is 0.412. The highest BCUT2D eigenvalue weighted by Gasteiger charge is 2.34. The minimum atomic E-state index is -5.00. The van der Waals surface area contributed by atoms with E-state index in [1.807, 2.05) is 10.6 Å². The summed E-state index contributed by atoms with van der Waals surface area (Å²) in [6.45, 7) is 0.818. The molecule has 0 unspecified atom stereocenters. The lowest BCUT2D eigenvalue weighted by atomic mass is 10.2. The molecule has 0 aliphatic heterocycles. The molecule has 3 rings (SSSR count). The van der Waals surface area contributed by atoms with Crippen molar-refractivity contribution in [2.75, 3.05) is 18.4 Å². The van der Waals surface area contributed by atoms with Crippen molar-refractivity contribution in [3.8, 4) is 5.75 Å². The lowest BCUT2D eigenvalue weighted by Crippen LogP contribution is -2.26. The molecule has 14 heteroatoms. The number of hydrogen-bond acceptors (Lipinski definition) is 7. The number of nitrogens with one attached hydrogen (secondary N) is 2. The minimum absolute atomic E-state index is 0.110. The van der Waals surface area contributed by atoms with Crippen LogP contribution in [-0.4, -0.2) is 41.6 Å². The van der Waals surface area contributed by atoms with Gasteiger partial charge >= 0.3 is 6.36 Å². The van der Waals surface area contributed by atoms with Gasteiger partial charge in [0.15, 0.2) is 5.75 Å². The standard InChI is InChI=1S/C17H19BrF3N5O3S2/c18-12-5-6-14(13(11-12)29-17(19,20)21)31(27,28)24-8-4-2-1-3-7-22-15-25-30-16-23-9-10-26(15)16/h5-6,9-11,24H,1-4,7-8H2,(H,22,25). The molecule has 0 saturated heterocycles. The molecular formula is C17H19BrF3N5O3S2. The molecule has 0 amide bonds. The van der Waals surface area contributed by atoms with Crippen LogP contribution >= 0.6 is 27.5 Å². The van der Waals surface area contributed by atoms with Gasteiger partial charge in [-0.25, -0.2) is 18.1 Å². The van der Waals surface area contributed by atoms with E-state index in [0.29, 0.717) is 13.0 Å². The largest absolute Gasteiger partial charge is 0.573 e. The first-order valence-electron chi connectivity index (χ1n) is 9.23. The summed E-state index contributed by atoms with van der Waals surface area (Å²) < 4.78 is 75.1. The van der Waals surface area contributed by atoms with Crippen molar-refractivity contribution in [1.29, 1.82) is 0 Å². The molecule has 8 nitrogen and oxygen atoms in total. The van der Waals surface area contributed by atoms with E-state index in [0.717, 1.165) is 42.3 Å². The quantitative estimate of drug-likeness (QED) is 0.349. The maximum Gasteiger partial charge on any atom is 0.573 e. The summed E-state index contributed by atoms with van der Waals surface area (Å²) in [7, 11) is -4.15. The fourth-order valence-corrected chi connectivity index (χ4v) is 4.95. The molecule has 2 heterocycles. The molecule has 0 radical (unpaired) electrons. The van der Waals surface area contributed by atoms with Gasteiger partial charge in [0, 0.05) is 41.5 Å². The van der Waals surface area contributed by atoms with Crippen LogP contribution in [0, 0.1) is 0 Å². The summed E-state index contributed by atoms with van der Waals surface area (Å²) in [4.78, 5) is 4.39. The SMILES string of the molecule is O=S(=O)(NCCCCCCNc1nsc2nccn12)c1ccc(Br)cc1OC(F)(F)F. The molecule has 0 fully saturated rings. The van der Waals surface area contributed by atoms with E-state index in [1.165, 1.54) is 17.6 Å². The Kier molecular flexibility index (Phi) is 7.78. The van der Waals surface area contributed by atoms with Crippen molar-refractivity contribution in [3.63, 3.8) is 0 Å². The van der Waals surface area contributed by atoms with Crippen molar-refractivity contribution in [3.05, 3.63) is 35.1 Å². The Bertz CT molecular complexity index is 1120. The van der Waals surface area contributed by atoms with Gasteiger partial charge in [-0.2, -0.15) is 4.37 Å². The summed E-state index contributed by atoms with van der Waals surface area (Å²) in [5, 5.41) is 3.22. The number of anilines is 1. The zero-order valence-corrected chi connectivity index (χ0v) is 19.2. The Hall–Kier alpha value is -1.90. The van der Waals surface area contributed by atoms with E-state index in [-0.39, 0.29) is 11.0 Å². The second kappa shape index (κ2) is 10.1. The number of ether oxygens (including phenoxy) is 1. The second-order valence-corrected chi connectivity index (χ2v) is 9.84. The van der Waals surface area contributed by atoms with E-state index in [1.54, 1.807) is 6.20 Å². The third kappa shape index (κ3) is 6.79. The zero-order chi connectivity index (χ0) is 22.5. The Morgan fingerprint density at radius 3 is 2.65 bits per heavy atom. The van der Waals surface area contributed by atoms with Crippen LogP contribution in [0.1, 0.15) is 25.7 Å². The summed E-state index contributed by atoms with van der Waals surface area (Å²) in [5.74, 6) is -0.0499. The Labute approximate surface area is 189 Å². The van der Waals surface area contributed by atoms with Crippen LogP contribution in [0.2, 0.25) is 0 Å². The molecule has 2 aromatic heterocycles. The van der Waals surface area contributed by atoms with Crippen LogP contribution in [0.25, 0.3) is 4.96 Å². The van der Waals surface area contributed by atoms with E-state index >= 15 is 0 Å². The molecule has 1 aromatic carbocycles.